The third kappa shape index (κ3) is 3.35. The number of carbonyl (C=O) groups excluding carboxylic acids is 2. The lowest BCUT2D eigenvalue weighted by Crippen LogP contribution is -2.15. The second-order valence-corrected chi connectivity index (χ2v) is 6.02. The summed E-state index contributed by atoms with van der Waals surface area (Å²) in [5.74, 6) is -0.393. The Morgan fingerprint density at radius 3 is 2.50 bits per heavy atom. The maximum absolute atomic E-state index is 12.7. The number of aromatic amines is 1. The van der Waals surface area contributed by atoms with Crippen LogP contribution < -0.4 is 5.32 Å². The van der Waals surface area contributed by atoms with Crippen molar-refractivity contribution in [2.24, 2.45) is 0 Å². The minimum absolute atomic E-state index is 0.259. The summed E-state index contributed by atoms with van der Waals surface area (Å²) < 4.78 is 4.83. The van der Waals surface area contributed by atoms with Gasteiger partial charge in [0.05, 0.1) is 12.7 Å². The molecular weight excluding hydrogens is 304 g/mol. The summed E-state index contributed by atoms with van der Waals surface area (Å²) in [4.78, 5) is 27.8. The van der Waals surface area contributed by atoms with Gasteiger partial charge >= 0.3 is 5.97 Å². The van der Waals surface area contributed by atoms with Gasteiger partial charge in [0.2, 0.25) is 0 Å². The largest absolute Gasteiger partial charge is 0.465 e. The van der Waals surface area contributed by atoms with Crippen LogP contribution in [0.1, 0.15) is 64.4 Å². The van der Waals surface area contributed by atoms with E-state index in [2.05, 4.69) is 24.1 Å². The first kappa shape index (κ1) is 17.8. The summed E-state index contributed by atoms with van der Waals surface area (Å²) in [6.45, 7) is 7.84. The molecular formula is C19H24N2O3. The predicted molar refractivity (Wildman–Crippen MR) is 94.7 cm³/mol. The predicted octanol–water partition coefficient (Wildman–Crippen LogP) is 4.05. The first-order valence-electron chi connectivity index (χ1n) is 8.10. The Bertz CT molecular complexity index is 760. The summed E-state index contributed by atoms with van der Waals surface area (Å²) in [7, 11) is 1.34. The highest BCUT2D eigenvalue weighted by molar-refractivity contribution is 6.07. The zero-order chi connectivity index (χ0) is 17.9. The average molecular weight is 328 g/mol. The molecule has 5 nitrogen and oxygen atoms in total. The maximum atomic E-state index is 12.7. The number of para-hydroxylation sites is 1. The first-order chi connectivity index (χ1) is 11.4. The molecule has 0 aliphatic carbocycles. The zero-order valence-electron chi connectivity index (χ0n) is 14.8. The van der Waals surface area contributed by atoms with E-state index in [0.29, 0.717) is 34.9 Å². The number of benzene rings is 1. The van der Waals surface area contributed by atoms with Crippen molar-refractivity contribution in [2.45, 2.75) is 40.0 Å². The molecule has 1 aromatic carbocycles. The second-order valence-electron chi connectivity index (χ2n) is 6.02. The molecule has 1 amide bonds. The number of rotatable bonds is 5. The number of nitrogens with one attached hydrogen (secondary N) is 2. The van der Waals surface area contributed by atoms with Crippen LogP contribution in [0.25, 0.3) is 0 Å². The number of ether oxygens (including phenoxy) is 1. The topological polar surface area (TPSA) is 71.2 Å². The number of hydrogen-bond donors (Lipinski definition) is 2. The average Bonchev–Trinajstić information content (AvgIpc) is 2.91. The molecule has 2 rings (SSSR count). The van der Waals surface area contributed by atoms with E-state index < -0.39 is 5.97 Å². The summed E-state index contributed by atoms with van der Waals surface area (Å²) in [5, 5.41) is 2.95. The van der Waals surface area contributed by atoms with E-state index in [1.807, 2.05) is 31.2 Å². The number of amides is 1. The van der Waals surface area contributed by atoms with E-state index in [9.17, 15) is 9.59 Å². The first-order valence-corrected chi connectivity index (χ1v) is 8.10. The van der Waals surface area contributed by atoms with Crippen LogP contribution in [0.5, 0.6) is 0 Å². The third-order valence-electron chi connectivity index (χ3n) is 4.13. The van der Waals surface area contributed by atoms with Crippen molar-refractivity contribution in [3.05, 3.63) is 52.3 Å². The van der Waals surface area contributed by atoms with E-state index in [0.717, 1.165) is 11.3 Å². The Labute approximate surface area is 142 Å². The Morgan fingerprint density at radius 1 is 1.25 bits per heavy atom. The Balaban J connectivity index is 2.38. The van der Waals surface area contributed by atoms with E-state index in [-0.39, 0.29) is 5.91 Å². The van der Waals surface area contributed by atoms with Gasteiger partial charge in [-0.15, -0.1) is 0 Å². The number of methoxy groups -OCH3 is 1. The summed E-state index contributed by atoms with van der Waals surface area (Å²) >= 11 is 0. The molecule has 0 saturated carbocycles. The number of hydrogen-bond acceptors (Lipinski definition) is 3. The molecule has 128 valence electrons. The van der Waals surface area contributed by atoms with Gasteiger partial charge in [-0.2, -0.15) is 0 Å². The fraction of sp³-hybridized carbons (Fsp3) is 0.368. The molecule has 0 radical (unpaired) electrons. The second kappa shape index (κ2) is 7.34. The van der Waals surface area contributed by atoms with E-state index in [1.54, 1.807) is 6.92 Å². The van der Waals surface area contributed by atoms with Gasteiger partial charge in [0.25, 0.3) is 5.91 Å². The number of carbonyl (C=O) groups is 2. The number of aromatic nitrogens is 1. The van der Waals surface area contributed by atoms with Crippen LogP contribution in [0.4, 0.5) is 5.69 Å². The molecule has 5 heteroatoms. The highest BCUT2D eigenvalue weighted by Crippen LogP contribution is 2.26. The molecule has 1 heterocycles. The molecule has 0 aliphatic heterocycles. The van der Waals surface area contributed by atoms with E-state index >= 15 is 0 Å². The molecule has 2 N–H and O–H groups in total. The molecule has 0 aliphatic rings. The molecule has 1 aromatic heterocycles. The van der Waals surface area contributed by atoms with Gasteiger partial charge < -0.3 is 15.0 Å². The van der Waals surface area contributed by atoms with Gasteiger partial charge in [-0.25, -0.2) is 4.79 Å². The Hall–Kier alpha value is -2.56. The fourth-order valence-corrected chi connectivity index (χ4v) is 2.83. The lowest BCUT2D eigenvalue weighted by atomic mass is 10.0. The van der Waals surface area contributed by atoms with Crippen molar-refractivity contribution in [3.8, 4) is 0 Å². The van der Waals surface area contributed by atoms with Crippen LogP contribution in [0.3, 0.4) is 0 Å². The van der Waals surface area contributed by atoms with Gasteiger partial charge in [-0.05, 0) is 36.5 Å². The highest BCUT2D eigenvalue weighted by atomic mass is 16.5. The Morgan fingerprint density at radius 2 is 1.92 bits per heavy atom. The number of anilines is 1. The van der Waals surface area contributed by atoms with Gasteiger partial charge in [0.1, 0.15) is 5.69 Å². The third-order valence-corrected chi connectivity index (χ3v) is 4.13. The molecule has 0 bridgehead atoms. The van der Waals surface area contributed by atoms with Gasteiger partial charge in [-0.3, -0.25) is 4.79 Å². The van der Waals surface area contributed by atoms with Crippen molar-refractivity contribution < 1.29 is 14.3 Å². The van der Waals surface area contributed by atoms with E-state index in [4.69, 9.17) is 4.74 Å². The van der Waals surface area contributed by atoms with Crippen LogP contribution in [0.2, 0.25) is 0 Å². The molecule has 0 unspecified atom stereocenters. The Kier molecular flexibility index (Phi) is 5.44. The SMILES string of the molecule is CCc1[nH]c(C(=O)Nc2ccccc2C(C)C)c(C)c1C(=O)OC. The minimum Gasteiger partial charge on any atom is -0.465 e. The molecule has 0 spiro atoms. The van der Waals surface area contributed by atoms with E-state index in [1.165, 1.54) is 7.11 Å². The summed E-state index contributed by atoms with van der Waals surface area (Å²) in [6, 6.07) is 7.72. The normalized spacial score (nSPS) is 10.8. The number of H-pyrrole nitrogens is 1. The lowest BCUT2D eigenvalue weighted by molar-refractivity contribution is 0.0599. The minimum atomic E-state index is -0.428. The standard InChI is InChI=1S/C19H24N2O3/c1-6-14-16(19(23)24-5)12(4)17(20-14)18(22)21-15-10-8-7-9-13(15)11(2)3/h7-11,20H,6H2,1-5H3,(H,21,22). The smallest absolute Gasteiger partial charge is 0.339 e. The van der Waals surface area contributed by atoms with Crippen LogP contribution in [0, 0.1) is 6.92 Å². The fourth-order valence-electron chi connectivity index (χ4n) is 2.83. The lowest BCUT2D eigenvalue weighted by Gasteiger charge is -2.13. The number of esters is 1. The molecule has 0 fully saturated rings. The quantitative estimate of drug-likeness (QED) is 0.814. The van der Waals surface area contributed by atoms with Gasteiger partial charge in [0, 0.05) is 11.4 Å². The van der Waals surface area contributed by atoms with Crippen molar-refractivity contribution in [1.82, 2.24) is 4.98 Å². The monoisotopic (exact) mass is 328 g/mol. The van der Waals surface area contributed by atoms with Crippen molar-refractivity contribution in [2.75, 3.05) is 12.4 Å². The van der Waals surface area contributed by atoms with Crippen LogP contribution in [-0.4, -0.2) is 24.0 Å². The number of aryl methyl sites for hydroxylation is 1. The summed E-state index contributed by atoms with van der Waals surface area (Å²) in [6.07, 6.45) is 0.612. The van der Waals surface area contributed by atoms with Crippen molar-refractivity contribution in [1.29, 1.82) is 0 Å². The molecule has 0 saturated heterocycles. The summed E-state index contributed by atoms with van der Waals surface area (Å²) in [5.41, 5.74) is 4.01. The van der Waals surface area contributed by atoms with Crippen LogP contribution in [-0.2, 0) is 11.2 Å². The van der Waals surface area contributed by atoms with Crippen LogP contribution in [0.15, 0.2) is 24.3 Å². The van der Waals surface area contributed by atoms with Gasteiger partial charge in [0.15, 0.2) is 0 Å². The zero-order valence-corrected chi connectivity index (χ0v) is 14.8. The molecule has 2 aromatic rings. The van der Waals surface area contributed by atoms with Gasteiger partial charge in [-0.1, -0.05) is 39.0 Å². The molecule has 0 atom stereocenters. The van der Waals surface area contributed by atoms with Crippen molar-refractivity contribution >= 4 is 17.6 Å². The maximum Gasteiger partial charge on any atom is 0.339 e. The van der Waals surface area contributed by atoms with Crippen LogP contribution >= 0.6 is 0 Å². The highest BCUT2D eigenvalue weighted by Gasteiger charge is 2.24. The molecule has 24 heavy (non-hydrogen) atoms. The van der Waals surface area contributed by atoms with Crippen molar-refractivity contribution in [3.63, 3.8) is 0 Å².